The normalized spacial score (nSPS) is 11.8. The Morgan fingerprint density at radius 3 is 1.80 bits per heavy atom. The lowest BCUT2D eigenvalue weighted by Gasteiger charge is -2.19. The quantitative estimate of drug-likeness (QED) is 0.192. The van der Waals surface area contributed by atoms with E-state index in [1.807, 2.05) is 12.1 Å². The zero-order chi connectivity index (χ0) is 30.9. The van der Waals surface area contributed by atoms with Gasteiger partial charge in [-0.1, -0.05) is 121 Å². The topological polar surface area (TPSA) is 26.0 Å². The molecule has 9 rings (SSSR count). The van der Waals surface area contributed by atoms with Gasteiger partial charge in [0.25, 0.3) is 0 Å². The minimum absolute atomic E-state index is 0.906. The molecule has 9 aromatic rings. The standard InChI is InChI=1S/C44H31NO/c1-26-22-27(2)41(28(3)23-26)39-25-38-34-16-5-4-14-32(34)33-15-6-7-18-36(33)43(38)45-42(39)30-13-10-12-29(24-30)31-19-11-20-37-35-17-8-9-21-40(35)46-44(31)37/h4-25H,1-3H3. The van der Waals surface area contributed by atoms with Gasteiger partial charge in [-0.15, -0.1) is 0 Å². The predicted octanol–water partition coefficient (Wildman–Crippen LogP) is 12.4. The minimum Gasteiger partial charge on any atom is -0.455 e. The van der Waals surface area contributed by atoms with Crippen molar-refractivity contribution in [1.29, 1.82) is 0 Å². The van der Waals surface area contributed by atoms with Crippen molar-refractivity contribution in [3.8, 4) is 33.5 Å². The summed E-state index contributed by atoms with van der Waals surface area (Å²) in [5.74, 6) is 0. The van der Waals surface area contributed by atoms with Gasteiger partial charge in [0.2, 0.25) is 0 Å². The largest absolute Gasteiger partial charge is 0.455 e. The first-order valence-corrected chi connectivity index (χ1v) is 15.9. The monoisotopic (exact) mass is 589 g/mol. The van der Waals surface area contributed by atoms with Crippen molar-refractivity contribution in [3.05, 3.63) is 150 Å². The zero-order valence-corrected chi connectivity index (χ0v) is 26.1. The summed E-state index contributed by atoms with van der Waals surface area (Å²) in [6, 6.07) is 47.9. The van der Waals surface area contributed by atoms with E-state index >= 15 is 0 Å². The Morgan fingerprint density at radius 2 is 1.04 bits per heavy atom. The van der Waals surface area contributed by atoms with Gasteiger partial charge in [-0.25, -0.2) is 4.98 Å². The Hall–Kier alpha value is -5.73. The maximum atomic E-state index is 6.45. The third kappa shape index (κ3) is 4.00. The molecule has 0 aliphatic heterocycles. The van der Waals surface area contributed by atoms with Gasteiger partial charge in [0.1, 0.15) is 11.2 Å². The molecule has 2 heteroatoms. The lowest BCUT2D eigenvalue weighted by Crippen LogP contribution is -1.97. The van der Waals surface area contributed by atoms with Crippen LogP contribution in [0.4, 0.5) is 0 Å². The average Bonchev–Trinajstić information content (AvgIpc) is 3.47. The first-order valence-electron chi connectivity index (χ1n) is 15.9. The van der Waals surface area contributed by atoms with Crippen LogP contribution in [0.3, 0.4) is 0 Å². The van der Waals surface area contributed by atoms with Gasteiger partial charge in [-0.05, 0) is 77.4 Å². The molecular weight excluding hydrogens is 558 g/mol. The summed E-state index contributed by atoms with van der Waals surface area (Å²) in [6.07, 6.45) is 0. The second-order valence-electron chi connectivity index (χ2n) is 12.5. The molecule has 46 heavy (non-hydrogen) atoms. The van der Waals surface area contributed by atoms with E-state index in [1.165, 1.54) is 49.2 Å². The van der Waals surface area contributed by atoms with Gasteiger partial charge in [-0.3, -0.25) is 0 Å². The van der Waals surface area contributed by atoms with Crippen molar-refractivity contribution in [2.24, 2.45) is 0 Å². The van der Waals surface area contributed by atoms with Gasteiger partial charge >= 0.3 is 0 Å². The van der Waals surface area contributed by atoms with E-state index in [-0.39, 0.29) is 0 Å². The highest BCUT2D eigenvalue weighted by molar-refractivity contribution is 6.25. The number of pyridine rings is 1. The average molecular weight is 590 g/mol. The van der Waals surface area contributed by atoms with Crippen molar-refractivity contribution >= 4 is 54.4 Å². The van der Waals surface area contributed by atoms with E-state index in [2.05, 4.69) is 142 Å². The minimum atomic E-state index is 0.906. The van der Waals surface area contributed by atoms with Gasteiger partial charge in [0, 0.05) is 38.2 Å². The molecule has 0 saturated heterocycles. The van der Waals surface area contributed by atoms with Crippen LogP contribution in [0.15, 0.2) is 138 Å². The molecule has 0 N–H and O–H groups in total. The second-order valence-corrected chi connectivity index (χ2v) is 12.5. The molecular formula is C44H31NO. The molecule has 0 bridgehead atoms. The fourth-order valence-electron chi connectivity index (χ4n) is 7.63. The Morgan fingerprint density at radius 1 is 0.457 bits per heavy atom. The summed E-state index contributed by atoms with van der Waals surface area (Å²) in [6.45, 7) is 6.62. The van der Waals surface area contributed by atoms with Gasteiger partial charge in [-0.2, -0.15) is 0 Å². The highest BCUT2D eigenvalue weighted by Gasteiger charge is 2.20. The predicted molar refractivity (Wildman–Crippen MR) is 195 cm³/mol. The van der Waals surface area contributed by atoms with Crippen LogP contribution in [0.1, 0.15) is 16.7 Å². The maximum absolute atomic E-state index is 6.45. The summed E-state index contributed by atoms with van der Waals surface area (Å²) >= 11 is 0. The first kappa shape index (κ1) is 26.7. The molecule has 2 nitrogen and oxygen atoms in total. The third-order valence-electron chi connectivity index (χ3n) is 9.51. The van der Waals surface area contributed by atoms with Gasteiger partial charge < -0.3 is 4.42 Å². The van der Waals surface area contributed by atoms with Crippen LogP contribution in [0.25, 0.3) is 87.9 Å². The van der Waals surface area contributed by atoms with E-state index in [4.69, 9.17) is 9.40 Å². The zero-order valence-electron chi connectivity index (χ0n) is 26.1. The van der Waals surface area contributed by atoms with Crippen molar-refractivity contribution in [2.75, 3.05) is 0 Å². The van der Waals surface area contributed by atoms with E-state index in [1.54, 1.807) is 0 Å². The molecule has 218 valence electrons. The lowest BCUT2D eigenvalue weighted by atomic mass is 9.88. The van der Waals surface area contributed by atoms with Crippen LogP contribution in [0.5, 0.6) is 0 Å². The van der Waals surface area contributed by atoms with E-state index in [0.717, 1.165) is 55.4 Å². The molecule has 0 fully saturated rings. The van der Waals surface area contributed by atoms with Crippen molar-refractivity contribution < 1.29 is 4.42 Å². The Kier molecular flexibility index (Phi) is 5.88. The van der Waals surface area contributed by atoms with Crippen molar-refractivity contribution in [2.45, 2.75) is 20.8 Å². The number of hydrogen-bond acceptors (Lipinski definition) is 2. The van der Waals surface area contributed by atoms with Crippen LogP contribution in [0.2, 0.25) is 0 Å². The van der Waals surface area contributed by atoms with Crippen molar-refractivity contribution in [1.82, 2.24) is 4.98 Å². The Labute approximate surface area is 267 Å². The SMILES string of the molecule is Cc1cc(C)c(-c2cc3c4ccccc4c4ccccc4c3nc2-c2cccc(-c3cccc4c3oc3ccccc34)c2)c(C)c1. The fraction of sp³-hybridized carbons (Fsp3) is 0.0682. The lowest BCUT2D eigenvalue weighted by molar-refractivity contribution is 0.670. The number of nitrogens with zero attached hydrogens (tertiary/aromatic N) is 1. The molecule has 0 aliphatic carbocycles. The highest BCUT2D eigenvalue weighted by atomic mass is 16.3. The van der Waals surface area contributed by atoms with Gasteiger partial charge in [0.15, 0.2) is 0 Å². The number of aryl methyl sites for hydroxylation is 3. The Balaban J connectivity index is 1.37. The van der Waals surface area contributed by atoms with Crippen LogP contribution >= 0.6 is 0 Å². The summed E-state index contributed by atoms with van der Waals surface area (Å²) in [7, 11) is 0. The molecule has 0 unspecified atom stereocenters. The highest BCUT2D eigenvalue weighted by Crippen LogP contribution is 2.43. The fourth-order valence-corrected chi connectivity index (χ4v) is 7.63. The molecule has 0 saturated carbocycles. The number of fused-ring (bicyclic) bond motifs is 9. The molecule has 0 spiro atoms. The van der Waals surface area contributed by atoms with E-state index in [9.17, 15) is 0 Å². The number of aromatic nitrogens is 1. The molecule has 7 aromatic carbocycles. The second kappa shape index (κ2) is 10.2. The summed E-state index contributed by atoms with van der Waals surface area (Å²) in [5, 5.41) is 8.32. The third-order valence-corrected chi connectivity index (χ3v) is 9.51. The summed E-state index contributed by atoms with van der Waals surface area (Å²) < 4.78 is 6.45. The number of furan rings is 1. The maximum Gasteiger partial charge on any atom is 0.143 e. The van der Waals surface area contributed by atoms with Crippen LogP contribution in [0, 0.1) is 20.8 Å². The summed E-state index contributed by atoms with van der Waals surface area (Å²) in [4.78, 5) is 5.61. The Bertz CT molecular complexity index is 2650. The molecule has 0 atom stereocenters. The van der Waals surface area contributed by atoms with E-state index < -0.39 is 0 Å². The molecule has 0 aliphatic rings. The molecule has 2 heterocycles. The smallest absolute Gasteiger partial charge is 0.143 e. The number of para-hydroxylation sites is 2. The molecule has 0 radical (unpaired) electrons. The summed E-state index contributed by atoms with van der Waals surface area (Å²) in [5.41, 5.74) is 13.3. The first-order chi connectivity index (χ1) is 22.5. The van der Waals surface area contributed by atoms with Crippen LogP contribution in [-0.2, 0) is 0 Å². The number of benzene rings is 7. The van der Waals surface area contributed by atoms with Crippen LogP contribution in [-0.4, -0.2) is 4.98 Å². The van der Waals surface area contributed by atoms with Crippen molar-refractivity contribution in [3.63, 3.8) is 0 Å². The van der Waals surface area contributed by atoms with Gasteiger partial charge in [0.05, 0.1) is 11.2 Å². The number of rotatable bonds is 3. The molecule has 0 amide bonds. The van der Waals surface area contributed by atoms with E-state index in [0.29, 0.717) is 0 Å². The molecule has 2 aromatic heterocycles. The number of hydrogen-bond donors (Lipinski definition) is 0. The van der Waals surface area contributed by atoms with Crippen LogP contribution < -0.4 is 0 Å².